The van der Waals surface area contributed by atoms with Crippen molar-refractivity contribution in [3.05, 3.63) is 90.5 Å². The standard InChI is InChI=1S/C21H19NO4S2/c23-27(24,17-10-5-2-6-11-17)18-12-7-13-19(14-18)28(25,26)22-21-15-20(21)16-8-3-1-4-9-16/h1-14,20-22H,15H2. The second kappa shape index (κ2) is 7.16. The van der Waals surface area contributed by atoms with E-state index in [1.165, 1.54) is 36.4 Å². The average Bonchev–Trinajstić information content (AvgIpc) is 3.48. The number of hydrogen-bond donors (Lipinski definition) is 1. The van der Waals surface area contributed by atoms with E-state index in [2.05, 4.69) is 4.72 Å². The van der Waals surface area contributed by atoms with Crippen molar-refractivity contribution in [1.82, 2.24) is 4.72 Å². The van der Waals surface area contributed by atoms with Crippen molar-refractivity contribution in [3.8, 4) is 0 Å². The minimum absolute atomic E-state index is 0.0445. The average molecular weight is 414 g/mol. The molecule has 1 saturated carbocycles. The van der Waals surface area contributed by atoms with E-state index < -0.39 is 19.9 Å². The highest BCUT2D eigenvalue weighted by atomic mass is 32.2. The van der Waals surface area contributed by atoms with Gasteiger partial charge in [-0.3, -0.25) is 0 Å². The zero-order chi connectivity index (χ0) is 19.8. The van der Waals surface area contributed by atoms with Crippen LogP contribution in [-0.2, 0) is 19.9 Å². The first kappa shape index (κ1) is 18.9. The van der Waals surface area contributed by atoms with Gasteiger partial charge < -0.3 is 0 Å². The summed E-state index contributed by atoms with van der Waals surface area (Å²) >= 11 is 0. The topological polar surface area (TPSA) is 80.3 Å². The third-order valence-corrected chi connectivity index (χ3v) is 8.06. The maximum absolute atomic E-state index is 12.8. The molecule has 2 unspecified atom stereocenters. The van der Waals surface area contributed by atoms with Gasteiger partial charge in [-0.1, -0.05) is 54.6 Å². The predicted octanol–water partition coefficient (Wildman–Crippen LogP) is 3.35. The van der Waals surface area contributed by atoms with Crippen molar-refractivity contribution >= 4 is 19.9 Å². The molecule has 1 fully saturated rings. The van der Waals surface area contributed by atoms with Crippen molar-refractivity contribution in [2.45, 2.75) is 33.1 Å². The van der Waals surface area contributed by atoms with Crippen molar-refractivity contribution in [2.75, 3.05) is 0 Å². The third-order valence-electron chi connectivity index (χ3n) is 4.80. The second-order valence-corrected chi connectivity index (χ2v) is 10.4. The van der Waals surface area contributed by atoms with Crippen LogP contribution in [-0.4, -0.2) is 22.9 Å². The second-order valence-electron chi connectivity index (χ2n) is 6.77. The van der Waals surface area contributed by atoms with Gasteiger partial charge in [-0.05, 0) is 42.3 Å². The Labute approximate surface area is 165 Å². The van der Waals surface area contributed by atoms with Crippen LogP contribution in [0.25, 0.3) is 0 Å². The van der Waals surface area contributed by atoms with Crippen molar-refractivity contribution < 1.29 is 16.8 Å². The van der Waals surface area contributed by atoms with Gasteiger partial charge in [-0.2, -0.15) is 0 Å². The third kappa shape index (κ3) is 3.73. The van der Waals surface area contributed by atoms with E-state index in [1.54, 1.807) is 18.2 Å². The molecular formula is C21H19NO4S2. The summed E-state index contributed by atoms with van der Waals surface area (Å²) in [6.45, 7) is 0. The monoisotopic (exact) mass is 413 g/mol. The molecule has 0 amide bonds. The van der Waals surface area contributed by atoms with Gasteiger partial charge in [0.25, 0.3) is 0 Å². The Bertz CT molecular complexity index is 1190. The van der Waals surface area contributed by atoms with Crippen LogP contribution in [0.15, 0.2) is 99.6 Å². The molecule has 3 aromatic rings. The first-order valence-corrected chi connectivity index (χ1v) is 11.8. The number of sulfone groups is 1. The Morgan fingerprint density at radius 2 is 1.25 bits per heavy atom. The molecule has 0 aromatic heterocycles. The first-order valence-electron chi connectivity index (χ1n) is 8.85. The van der Waals surface area contributed by atoms with E-state index in [4.69, 9.17) is 0 Å². The molecule has 0 heterocycles. The first-order chi connectivity index (χ1) is 13.4. The Morgan fingerprint density at radius 3 is 1.93 bits per heavy atom. The fraction of sp³-hybridized carbons (Fsp3) is 0.143. The van der Waals surface area contributed by atoms with E-state index >= 15 is 0 Å². The van der Waals surface area contributed by atoms with Gasteiger partial charge in [0, 0.05) is 12.0 Å². The molecule has 0 aliphatic heterocycles. The maximum Gasteiger partial charge on any atom is 0.240 e. The number of rotatable bonds is 6. The molecule has 0 bridgehead atoms. The number of benzene rings is 3. The molecule has 5 nitrogen and oxygen atoms in total. The van der Waals surface area contributed by atoms with Crippen LogP contribution in [0.3, 0.4) is 0 Å². The molecule has 0 saturated heterocycles. The van der Waals surface area contributed by atoms with Gasteiger partial charge in [-0.25, -0.2) is 21.6 Å². The van der Waals surface area contributed by atoms with Crippen LogP contribution in [0.5, 0.6) is 0 Å². The van der Waals surface area contributed by atoms with Crippen LogP contribution < -0.4 is 4.72 Å². The van der Waals surface area contributed by atoms with Crippen molar-refractivity contribution in [2.24, 2.45) is 0 Å². The molecule has 3 aromatic carbocycles. The number of sulfonamides is 1. The maximum atomic E-state index is 12.8. The molecular weight excluding hydrogens is 394 g/mol. The van der Waals surface area contributed by atoms with Gasteiger partial charge in [0.2, 0.25) is 19.9 Å². The van der Waals surface area contributed by atoms with E-state index in [9.17, 15) is 16.8 Å². The van der Waals surface area contributed by atoms with E-state index in [1.807, 2.05) is 30.3 Å². The molecule has 4 rings (SSSR count). The Kier molecular flexibility index (Phi) is 4.82. The summed E-state index contributed by atoms with van der Waals surface area (Å²) in [6, 6.07) is 23.0. The molecule has 0 radical (unpaired) electrons. The zero-order valence-electron chi connectivity index (χ0n) is 14.9. The minimum Gasteiger partial charge on any atom is -0.219 e. The highest BCUT2D eigenvalue weighted by molar-refractivity contribution is 7.91. The summed E-state index contributed by atoms with van der Waals surface area (Å²) in [5.41, 5.74) is 1.09. The van der Waals surface area contributed by atoms with Crippen LogP contribution in [0.1, 0.15) is 17.9 Å². The van der Waals surface area contributed by atoms with Gasteiger partial charge in [0.15, 0.2) is 0 Å². The molecule has 1 aliphatic carbocycles. The van der Waals surface area contributed by atoms with Crippen LogP contribution in [0, 0.1) is 0 Å². The lowest BCUT2D eigenvalue weighted by Crippen LogP contribution is -2.27. The highest BCUT2D eigenvalue weighted by Crippen LogP contribution is 2.41. The Morgan fingerprint density at radius 1 is 0.679 bits per heavy atom. The molecule has 1 N–H and O–H groups in total. The van der Waals surface area contributed by atoms with Gasteiger partial charge >= 0.3 is 0 Å². The normalized spacial score (nSPS) is 19.3. The lowest BCUT2D eigenvalue weighted by Gasteiger charge is -2.09. The minimum atomic E-state index is -3.82. The van der Waals surface area contributed by atoms with Crippen LogP contribution in [0.2, 0.25) is 0 Å². The predicted molar refractivity (Wildman–Crippen MR) is 106 cm³/mol. The summed E-state index contributed by atoms with van der Waals surface area (Å²) < 4.78 is 53.8. The quantitative estimate of drug-likeness (QED) is 0.672. The van der Waals surface area contributed by atoms with E-state index in [0.717, 1.165) is 12.0 Å². The SMILES string of the molecule is O=S(=O)(NC1CC1c1ccccc1)c1cccc(S(=O)(=O)c2ccccc2)c1. The lowest BCUT2D eigenvalue weighted by molar-refractivity contribution is 0.579. The van der Waals surface area contributed by atoms with Gasteiger partial charge in [0.05, 0.1) is 14.7 Å². The molecule has 1 aliphatic rings. The Hall–Kier alpha value is -2.48. The number of hydrogen-bond acceptors (Lipinski definition) is 4. The Balaban J connectivity index is 1.57. The summed E-state index contributed by atoms with van der Waals surface area (Å²) in [4.78, 5) is 0.0315. The van der Waals surface area contributed by atoms with Crippen molar-refractivity contribution in [1.29, 1.82) is 0 Å². The molecule has 0 spiro atoms. The fourth-order valence-corrected chi connectivity index (χ4v) is 5.94. The molecule has 2 atom stereocenters. The highest BCUT2D eigenvalue weighted by Gasteiger charge is 2.41. The van der Waals surface area contributed by atoms with Crippen LogP contribution >= 0.6 is 0 Å². The largest absolute Gasteiger partial charge is 0.240 e. The summed E-state index contributed by atoms with van der Waals surface area (Å²) in [5, 5.41) is 0. The molecule has 28 heavy (non-hydrogen) atoms. The van der Waals surface area contributed by atoms with Gasteiger partial charge in [-0.15, -0.1) is 0 Å². The number of nitrogens with one attached hydrogen (secondary N) is 1. The van der Waals surface area contributed by atoms with E-state index in [-0.39, 0.29) is 26.6 Å². The summed E-state index contributed by atoms with van der Waals surface area (Å²) in [6.07, 6.45) is 0.727. The zero-order valence-corrected chi connectivity index (χ0v) is 16.5. The molecule has 144 valence electrons. The summed E-state index contributed by atoms with van der Waals surface area (Å²) in [7, 11) is -7.60. The molecule has 7 heteroatoms. The van der Waals surface area contributed by atoms with Crippen LogP contribution in [0.4, 0.5) is 0 Å². The summed E-state index contributed by atoms with van der Waals surface area (Å²) in [5.74, 6) is 0.146. The lowest BCUT2D eigenvalue weighted by atomic mass is 10.1. The van der Waals surface area contributed by atoms with Crippen molar-refractivity contribution in [3.63, 3.8) is 0 Å². The van der Waals surface area contributed by atoms with E-state index in [0.29, 0.717) is 0 Å². The van der Waals surface area contributed by atoms with Gasteiger partial charge in [0.1, 0.15) is 0 Å². The fourth-order valence-electron chi connectivity index (χ4n) is 3.21. The smallest absolute Gasteiger partial charge is 0.219 e.